The van der Waals surface area contributed by atoms with E-state index in [1.54, 1.807) is 16.7 Å². The van der Waals surface area contributed by atoms with Crippen molar-refractivity contribution in [2.24, 2.45) is 4.99 Å². The number of hydrogen-bond acceptors (Lipinski definition) is 4. The van der Waals surface area contributed by atoms with Crippen LogP contribution in [0.25, 0.3) is 10.2 Å². The molecule has 1 amide bonds. The van der Waals surface area contributed by atoms with Gasteiger partial charge in [0.1, 0.15) is 6.04 Å². The Morgan fingerprint density at radius 2 is 2.23 bits per heavy atom. The molecule has 26 heavy (non-hydrogen) atoms. The molecule has 1 aromatic heterocycles. The zero-order valence-corrected chi connectivity index (χ0v) is 16.6. The van der Waals surface area contributed by atoms with Gasteiger partial charge in [-0.25, -0.2) is 8.42 Å². The van der Waals surface area contributed by atoms with Gasteiger partial charge in [0.15, 0.2) is 4.80 Å². The zero-order chi connectivity index (χ0) is 18.9. The molecule has 6 nitrogen and oxygen atoms in total. The van der Waals surface area contributed by atoms with Crippen molar-refractivity contribution in [3.63, 3.8) is 0 Å². The molecule has 1 fully saturated rings. The standard InChI is InChI=1S/C17H18ClN3O3S2/c1-3-9-20-13-8-7-12(18)11-15(13)25-17(20)19-16(22)14-6-4-5-10-21(14)26(2,23)24/h1,7-8,11,14H,4-6,9-10H2,2H3. The van der Waals surface area contributed by atoms with E-state index in [0.717, 1.165) is 29.3 Å². The summed E-state index contributed by atoms with van der Waals surface area (Å²) in [6, 6.07) is 4.62. The van der Waals surface area contributed by atoms with Crippen LogP contribution in [-0.2, 0) is 21.4 Å². The Labute approximate surface area is 161 Å². The first kappa shape index (κ1) is 19.1. The minimum Gasteiger partial charge on any atom is -0.305 e. The van der Waals surface area contributed by atoms with Crippen LogP contribution in [0.4, 0.5) is 0 Å². The quantitative estimate of drug-likeness (QED) is 0.727. The van der Waals surface area contributed by atoms with Gasteiger partial charge in [0.2, 0.25) is 10.0 Å². The van der Waals surface area contributed by atoms with Crippen LogP contribution in [0.5, 0.6) is 0 Å². The molecule has 1 atom stereocenters. The van der Waals surface area contributed by atoms with Gasteiger partial charge in [0, 0.05) is 11.6 Å². The first-order valence-corrected chi connectivity index (χ1v) is 11.1. The highest BCUT2D eigenvalue weighted by molar-refractivity contribution is 7.88. The monoisotopic (exact) mass is 411 g/mol. The Morgan fingerprint density at radius 1 is 1.46 bits per heavy atom. The molecule has 1 unspecified atom stereocenters. The number of aromatic nitrogens is 1. The molecule has 3 rings (SSSR count). The molecule has 0 N–H and O–H groups in total. The summed E-state index contributed by atoms with van der Waals surface area (Å²) in [7, 11) is -3.46. The van der Waals surface area contributed by atoms with Gasteiger partial charge in [-0.15, -0.1) is 6.42 Å². The largest absolute Gasteiger partial charge is 0.305 e. The number of benzene rings is 1. The Hall–Kier alpha value is -1.66. The maximum atomic E-state index is 12.8. The fourth-order valence-electron chi connectivity index (χ4n) is 3.09. The zero-order valence-electron chi connectivity index (χ0n) is 14.2. The third kappa shape index (κ3) is 3.86. The lowest BCUT2D eigenvalue weighted by Crippen LogP contribution is -2.47. The number of thiazole rings is 1. The van der Waals surface area contributed by atoms with Crippen molar-refractivity contribution in [2.75, 3.05) is 12.8 Å². The minimum atomic E-state index is -3.46. The van der Waals surface area contributed by atoms with E-state index < -0.39 is 22.0 Å². The molecule has 0 bridgehead atoms. The van der Waals surface area contributed by atoms with Crippen LogP contribution >= 0.6 is 22.9 Å². The fourth-order valence-corrected chi connectivity index (χ4v) is 5.52. The first-order chi connectivity index (χ1) is 12.3. The highest BCUT2D eigenvalue weighted by Gasteiger charge is 2.34. The van der Waals surface area contributed by atoms with Crippen molar-refractivity contribution in [2.45, 2.75) is 31.8 Å². The minimum absolute atomic E-state index is 0.258. The molecule has 1 aliphatic heterocycles. The molecule has 1 aromatic carbocycles. The molecule has 0 spiro atoms. The number of piperidine rings is 1. The molecule has 1 saturated heterocycles. The van der Waals surface area contributed by atoms with Crippen molar-refractivity contribution in [3.05, 3.63) is 28.0 Å². The SMILES string of the molecule is C#CCn1c(=NC(=O)C2CCCCN2S(C)(=O)=O)sc2cc(Cl)ccc21. The highest BCUT2D eigenvalue weighted by atomic mass is 35.5. The number of nitrogens with zero attached hydrogens (tertiary/aromatic N) is 3. The number of fused-ring (bicyclic) bond motifs is 1. The van der Waals surface area contributed by atoms with Gasteiger partial charge in [0.05, 0.1) is 23.0 Å². The number of rotatable bonds is 3. The van der Waals surface area contributed by atoms with Crippen LogP contribution in [0, 0.1) is 12.3 Å². The smallest absolute Gasteiger partial charge is 0.266 e. The average molecular weight is 412 g/mol. The number of carbonyl (C=O) groups excluding carboxylic acids is 1. The molecular weight excluding hydrogens is 394 g/mol. The second-order valence-electron chi connectivity index (χ2n) is 6.12. The van der Waals surface area contributed by atoms with Gasteiger partial charge < -0.3 is 4.57 Å². The average Bonchev–Trinajstić information content (AvgIpc) is 2.91. The van der Waals surface area contributed by atoms with Crippen molar-refractivity contribution >= 4 is 49.1 Å². The molecule has 2 heterocycles. The lowest BCUT2D eigenvalue weighted by molar-refractivity contribution is -0.122. The van der Waals surface area contributed by atoms with Gasteiger partial charge in [-0.1, -0.05) is 35.3 Å². The molecule has 1 aliphatic rings. The second-order valence-corrected chi connectivity index (χ2v) is 9.50. The highest BCUT2D eigenvalue weighted by Crippen LogP contribution is 2.23. The van der Waals surface area contributed by atoms with Crippen LogP contribution in [0.1, 0.15) is 19.3 Å². The topological polar surface area (TPSA) is 71.7 Å². The van der Waals surface area contributed by atoms with E-state index in [1.807, 2.05) is 6.07 Å². The Kier molecular flexibility index (Phi) is 5.53. The van der Waals surface area contributed by atoms with Gasteiger partial charge in [-0.05, 0) is 31.0 Å². The van der Waals surface area contributed by atoms with E-state index in [-0.39, 0.29) is 6.54 Å². The number of amides is 1. The molecule has 2 aromatic rings. The fraction of sp³-hybridized carbons (Fsp3) is 0.412. The lowest BCUT2D eigenvalue weighted by atomic mass is 10.0. The van der Waals surface area contributed by atoms with Crippen LogP contribution in [0.2, 0.25) is 5.02 Å². The van der Waals surface area contributed by atoms with Gasteiger partial charge >= 0.3 is 0 Å². The number of hydrogen-bond donors (Lipinski definition) is 0. The third-order valence-electron chi connectivity index (χ3n) is 4.26. The summed E-state index contributed by atoms with van der Waals surface area (Å²) in [4.78, 5) is 17.4. The lowest BCUT2D eigenvalue weighted by Gasteiger charge is -2.31. The van der Waals surface area contributed by atoms with E-state index in [9.17, 15) is 13.2 Å². The molecule has 138 valence electrons. The molecule has 9 heteroatoms. The van der Waals surface area contributed by atoms with Crippen molar-refractivity contribution in [1.82, 2.24) is 8.87 Å². The van der Waals surface area contributed by atoms with Crippen LogP contribution in [0.3, 0.4) is 0 Å². The molecular formula is C17H18ClN3O3S2. The van der Waals surface area contributed by atoms with Crippen molar-refractivity contribution < 1.29 is 13.2 Å². The van der Waals surface area contributed by atoms with Crippen LogP contribution < -0.4 is 4.80 Å². The molecule has 0 saturated carbocycles. The molecule has 0 radical (unpaired) electrons. The predicted octanol–water partition coefficient (Wildman–Crippen LogP) is 2.23. The number of halogens is 1. The van der Waals surface area contributed by atoms with Gasteiger partial charge in [0.25, 0.3) is 5.91 Å². The summed E-state index contributed by atoms with van der Waals surface area (Å²) in [5, 5.41) is 0.583. The van der Waals surface area contributed by atoms with Gasteiger partial charge in [-0.2, -0.15) is 9.30 Å². The Morgan fingerprint density at radius 3 is 2.92 bits per heavy atom. The summed E-state index contributed by atoms with van der Waals surface area (Å²) < 4.78 is 27.9. The number of terminal acetylenes is 1. The van der Waals surface area contributed by atoms with E-state index in [0.29, 0.717) is 22.8 Å². The first-order valence-electron chi connectivity index (χ1n) is 8.09. The molecule has 0 aliphatic carbocycles. The Bertz CT molecular complexity index is 1060. The number of carbonyl (C=O) groups is 1. The normalized spacial score (nSPS) is 19.6. The summed E-state index contributed by atoms with van der Waals surface area (Å²) in [6.45, 7) is 0.603. The van der Waals surface area contributed by atoms with E-state index in [1.165, 1.54) is 15.6 Å². The second kappa shape index (κ2) is 7.53. The van der Waals surface area contributed by atoms with Crippen molar-refractivity contribution in [1.29, 1.82) is 0 Å². The van der Waals surface area contributed by atoms with E-state index >= 15 is 0 Å². The number of sulfonamides is 1. The third-order valence-corrected chi connectivity index (χ3v) is 6.83. The van der Waals surface area contributed by atoms with Crippen molar-refractivity contribution in [3.8, 4) is 12.3 Å². The summed E-state index contributed by atoms with van der Waals surface area (Å²) in [5.74, 6) is 2.10. The van der Waals surface area contributed by atoms with Crippen LogP contribution in [0.15, 0.2) is 23.2 Å². The maximum absolute atomic E-state index is 12.8. The summed E-state index contributed by atoms with van der Waals surface area (Å²) in [6.07, 6.45) is 8.59. The maximum Gasteiger partial charge on any atom is 0.266 e. The van der Waals surface area contributed by atoms with E-state index in [4.69, 9.17) is 18.0 Å². The summed E-state index contributed by atoms with van der Waals surface area (Å²) >= 11 is 7.35. The Balaban J connectivity index is 2.07. The predicted molar refractivity (Wildman–Crippen MR) is 103 cm³/mol. The van der Waals surface area contributed by atoms with Crippen LogP contribution in [-0.4, -0.2) is 42.0 Å². The van der Waals surface area contributed by atoms with Gasteiger partial charge in [-0.3, -0.25) is 4.79 Å². The van der Waals surface area contributed by atoms with E-state index in [2.05, 4.69) is 10.9 Å². The summed E-state index contributed by atoms with van der Waals surface area (Å²) in [5.41, 5.74) is 0.840.